The van der Waals surface area contributed by atoms with Crippen LogP contribution in [0.3, 0.4) is 0 Å². The van der Waals surface area contributed by atoms with Crippen LogP contribution >= 0.6 is 15.9 Å². The summed E-state index contributed by atoms with van der Waals surface area (Å²) in [5.41, 5.74) is 3.64. The third kappa shape index (κ3) is 3.03. The molecule has 4 heteroatoms. The van der Waals surface area contributed by atoms with Gasteiger partial charge in [0.1, 0.15) is 0 Å². The van der Waals surface area contributed by atoms with Gasteiger partial charge in [0.15, 0.2) is 0 Å². The molecule has 1 aromatic carbocycles. The number of aromatic nitrogens is 1. The molecule has 0 bridgehead atoms. The zero-order chi connectivity index (χ0) is 14.8. The summed E-state index contributed by atoms with van der Waals surface area (Å²) in [4.78, 5) is 3.98. The summed E-state index contributed by atoms with van der Waals surface area (Å²) in [6, 6.07) is 10.4. The van der Waals surface area contributed by atoms with E-state index in [0.29, 0.717) is 18.5 Å². The molecule has 2 N–H and O–H groups in total. The lowest BCUT2D eigenvalue weighted by Gasteiger charge is -2.18. The molecule has 3 rings (SSSR count). The Hall–Kier alpha value is -1.23. The second kappa shape index (κ2) is 6.26. The Morgan fingerprint density at radius 3 is 2.86 bits per heavy atom. The summed E-state index contributed by atoms with van der Waals surface area (Å²) >= 11 is 3.65. The van der Waals surface area contributed by atoms with Crippen molar-refractivity contribution in [3.63, 3.8) is 0 Å². The van der Waals surface area contributed by atoms with Crippen LogP contribution in [0.25, 0.3) is 0 Å². The fraction of sp³-hybridized carbons (Fsp3) is 0.353. The van der Waals surface area contributed by atoms with Crippen molar-refractivity contribution in [2.75, 3.05) is 6.54 Å². The zero-order valence-electron chi connectivity index (χ0n) is 12.0. The van der Waals surface area contributed by atoms with Crippen LogP contribution in [0.1, 0.15) is 48.1 Å². The highest BCUT2D eigenvalue weighted by Crippen LogP contribution is 2.43. The molecule has 3 unspecified atom stereocenters. The van der Waals surface area contributed by atoms with E-state index in [9.17, 15) is 5.11 Å². The van der Waals surface area contributed by atoms with Crippen molar-refractivity contribution in [3.8, 4) is 0 Å². The smallest absolute Gasteiger partial charge is 0.0915 e. The number of nitrogens with zero attached hydrogens (tertiary/aromatic N) is 1. The van der Waals surface area contributed by atoms with Gasteiger partial charge in [-0.15, -0.1) is 0 Å². The Bertz CT molecular complexity index is 617. The molecular weight excluding hydrogens is 328 g/mol. The minimum absolute atomic E-state index is 0.309. The maximum atomic E-state index is 10.2. The Labute approximate surface area is 133 Å². The van der Waals surface area contributed by atoms with Gasteiger partial charge in [-0.25, -0.2) is 0 Å². The first-order valence-corrected chi connectivity index (χ1v) is 8.05. The first kappa shape index (κ1) is 14.7. The van der Waals surface area contributed by atoms with Crippen LogP contribution in [0.2, 0.25) is 0 Å². The number of pyridine rings is 1. The monoisotopic (exact) mass is 346 g/mol. The fourth-order valence-electron chi connectivity index (χ4n) is 3.13. The van der Waals surface area contributed by atoms with Crippen molar-refractivity contribution in [2.45, 2.75) is 31.4 Å². The average molecular weight is 347 g/mol. The first-order chi connectivity index (χ1) is 10.2. The number of hydrogen-bond acceptors (Lipinski definition) is 3. The number of benzene rings is 1. The van der Waals surface area contributed by atoms with E-state index >= 15 is 0 Å². The normalized spacial score (nSPS) is 22.0. The lowest BCUT2D eigenvalue weighted by atomic mass is 10.0. The van der Waals surface area contributed by atoms with E-state index in [1.807, 2.05) is 12.1 Å². The van der Waals surface area contributed by atoms with Crippen LogP contribution in [-0.2, 0) is 0 Å². The number of hydrogen-bond donors (Lipinski definition) is 2. The molecule has 1 aromatic heterocycles. The second-order valence-corrected chi connectivity index (χ2v) is 6.49. The van der Waals surface area contributed by atoms with Crippen LogP contribution < -0.4 is 5.32 Å². The summed E-state index contributed by atoms with van der Waals surface area (Å²) < 4.78 is 1.19. The van der Waals surface area contributed by atoms with Gasteiger partial charge in [-0.2, -0.15) is 0 Å². The number of rotatable bonds is 4. The van der Waals surface area contributed by atoms with Gasteiger partial charge >= 0.3 is 0 Å². The van der Waals surface area contributed by atoms with E-state index in [4.69, 9.17) is 0 Å². The Kier molecular flexibility index (Phi) is 4.38. The summed E-state index contributed by atoms with van der Waals surface area (Å²) in [6.45, 7) is 2.80. The minimum Gasteiger partial charge on any atom is -0.387 e. The predicted octanol–water partition coefficient (Wildman–Crippen LogP) is 3.72. The number of fused-ring (bicyclic) bond motifs is 1. The molecule has 0 fully saturated rings. The molecular formula is C17H19BrN2O. The minimum atomic E-state index is -0.500. The number of nitrogens with one attached hydrogen (secondary N) is 1. The van der Waals surface area contributed by atoms with Crippen molar-refractivity contribution in [2.24, 2.45) is 0 Å². The molecule has 110 valence electrons. The SMILES string of the molecule is CC1CC(NCC(O)c2ccncc2)c2cccc(Br)c21. The highest BCUT2D eigenvalue weighted by molar-refractivity contribution is 9.10. The van der Waals surface area contributed by atoms with E-state index in [0.717, 1.165) is 12.0 Å². The first-order valence-electron chi connectivity index (χ1n) is 7.26. The van der Waals surface area contributed by atoms with E-state index in [1.165, 1.54) is 15.6 Å². The Morgan fingerprint density at radius 2 is 2.10 bits per heavy atom. The molecule has 0 saturated carbocycles. The average Bonchev–Trinajstić information content (AvgIpc) is 2.83. The lowest BCUT2D eigenvalue weighted by Crippen LogP contribution is -2.25. The summed E-state index contributed by atoms with van der Waals surface area (Å²) in [5, 5.41) is 13.8. The van der Waals surface area contributed by atoms with Gasteiger partial charge in [0.2, 0.25) is 0 Å². The summed E-state index contributed by atoms with van der Waals surface area (Å²) in [6.07, 6.45) is 3.99. The largest absolute Gasteiger partial charge is 0.387 e. The molecule has 0 radical (unpaired) electrons. The number of aliphatic hydroxyl groups is 1. The van der Waals surface area contributed by atoms with Crippen molar-refractivity contribution < 1.29 is 5.11 Å². The van der Waals surface area contributed by atoms with Gasteiger partial charge in [-0.3, -0.25) is 4.98 Å². The number of aliphatic hydroxyl groups excluding tert-OH is 1. The molecule has 3 nitrogen and oxygen atoms in total. The van der Waals surface area contributed by atoms with E-state index in [2.05, 4.69) is 51.4 Å². The summed E-state index contributed by atoms with van der Waals surface area (Å²) in [7, 11) is 0. The Balaban J connectivity index is 1.69. The van der Waals surface area contributed by atoms with Crippen LogP contribution in [0.4, 0.5) is 0 Å². The van der Waals surface area contributed by atoms with E-state index in [-0.39, 0.29) is 0 Å². The van der Waals surface area contributed by atoms with Crippen LogP contribution in [0.15, 0.2) is 47.2 Å². The third-order valence-electron chi connectivity index (χ3n) is 4.19. The topological polar surface area (TPSA) is 45.1 Å². The van der Waals surface area contributed by atoms with Gasteiger partial charge in [0.25, 0.3) is 0 Å². The molecule has 0 aliphatic heterocycles. The zero-order valence-corrected chi connectivity index (χ0v) is 13.5. The van der Waals surface area contributed by atoms with Crippen LogP contribution in [0, 0.1) is 0 Å². The van der Waals surface area contributed by atoms with E-state index < -0.39 is 6.10 Å². The highest BCUT2D eigenvalue weighted by Gasteiger charge is 2.29. The van der Waals surface area contributed by atoms with Gasteiger partial charge in [-0.1, -0.05) is 35.0 Å². The van der Waals surface area contributed by atoms with Crippen LogP contribution in [-0.4, -0.2) is 16.6 Å². The molecule has 1 heterocycles. The van der Waals surface area contributed by atoms with Gasteiger partial charge in [0, 0.05) is 29.5 Å². The van der Waals surface area contributed by atoms with Gasteiger partial charge in [-0.05, 0) is 47.2 Å². The molecule has 1 aliphatic rings. The van der Waals surface area contributed by atoms with E-state index in [1.54, 1.807) is 12.4 Å². The second-order valence-electron chi connectivity index (χ2n) is 5.64. The quantitative estimate of drug-likeness (QED) is 0.886. The molecule has 1 aliphatic carbocycles. The molecule has 3 atom stereocenters. The van der Waals surface area contributed by atoms with Crippen molar-refractivity contribution in [1.82, 2.24) is 10.3 Å². The fourth-order valence-corrected chi connectivity index (χ4v) is 3.90. The van der Waals surface area contributed by atoms with Gasteiger partial charge < -0.3 is 10.4 Å². The molecule has 2 aromatic rings. The third-order valence-corrected chi connectivity index (χ3v) is 4.88. The maximum Gasteiger partial charge on any atom is 0.0915 e. The maximum absolute atomic E-state index is 10.2. The van der Waals surface area contributed by atoms with Crippen molar-refractivity contribution in [1.29, 1.82) is 0 Å². The molecule has 21 heavy (non-hydrogen) atoms. The highest BCUT2D eigenvalue weighted by atomic mass is 79.9. The van der Waals surface area contributed by atoms with Crippen molar-refractivity contribution >= 4 is 15.9 Å². The molecule has 0 amide bonds. The molecule has 0 spiro atoms. The Morgan fingerprint density at radius 1 is 1.33 bits per heavy atom. The predicted molar refractivity (Wildman–Crippen MR) is 87.1 cm³/mol. The summed E-state index contributed by atoms with van der Waals surface area (Å²) in [5.74, 6) is 0.533. The van der Waals surface area contributed by atoms with Crippen molar-refractivity contribution in [3.05, 3.63) is 63.9 Å². The number of halogens is 1. The lowest BCUT2D eigenvalue weighted by molar-refractivity contribution is 0.169. The molecule has 0 saturated heterocycles. The standard InChI is InChI=1S/C17H19BrN2O/c1-11-9-15(13-3-2-4-14(18)17(11)13)20-10-16(21)12-5-7-19-8-6-12/h2-8,11,15-16,20-21H,9-10H2,1H3. The van der Waals surface area contributed by atoms with Gasteiger partial charge in [0.05, 0.1) is 6.10 Å². The van der Waals surface area contributed by atoms with Crippen LogP contribution in [0.5, 0.6) is 0 Å².